The van der Waals surface area contributed by atoms with E-state index in [0.29, 0.717) is 6.54 Å². The van der Waals surface area contributed by atoms with E-state index in [0.717, 1.165) is 45.4 Å². The van der Waals surface area contributed by atoms with Crippen LogP contribution in [-0.4, -0.2) is 56.5 Å². The number of ether oxygens (including phenoxy) is 2. The normalized spacial score (nSPS) is 33.0. The minimum absolute atomic E-state index is 0.0207. The highest BCUT2D eigenvalue weighted by molar-refractivity contribution is 4.99. The smallest absolute Gasteiger partial charge is 0.0670 e. The maximum absolute atomic E-state index is 6.09. The highest BCUT2D eigenvalue weighted by Gasteiger charge is 2.43. The van der Waals surface area contributed by atoms with Crippen LogP contribution >= 0.6 is 0 Å². The summed E-state index contributed by atoms with van der Waals surface area (Å²) in [5.41, 5.74) is 6.16. The minimum atomic E-state index is -0.0207. The first-order valence-corrected chi connectivity index (χ1v) is 7.06. The molecule has 0 radical (unpaired) electrons. The summed E-state index contributed by atoms with van der Waals surface area (Å²) < 4.78 is 11.1. The predicted molar refractivity (Wildman–Crippen MR) is 74.8 cm³/mol. The van der Waals surface area contributed by atoms with Crippen LogP contribution in [0.1, 0.15) is 39.5 Å². The third-order valence-corrected chi connectivity index (χ3v) is 4.50. The monoisotopic (exact) mass is 258 g/mol. The Morgan fingerprint density at radius 3 is 2.72 bits per heavy atom. The molecule has 4 nitrogen and oxygen atoms in total. The van der Waals surface area contributed by atoms with Gasteiger partial charge in [0.05, 0.1) is 5.60 Å². The fourth-order valence-electron chi connectivity index (χ4n) is 2.89. The Morgan fingerprint density at radius 2 is 2.17 bits per heavy atom. The number of nitrogens with two attached hydrogens (primary N) is 1. The average molecular weight is 258 g/mol. The highest BCUT2D eigenvalue weighted by atomic mass is 16.5. The van der Waals surface area contributed by atoms with Crippen molar-refractivity contribution < 1.29 is 9.47 Å². The lowest BCUT2D eigenvalue weighted by molar-refractivity contribution is -0.125. The van der Waals surface area contributed by atoms with E-state index in [1.807, 2.05) is 0 Å². The maximum atomic E-state index is 6.09. The van der Waals surface area contributed by atoms with Crippen LogP contribution in [0.5, 0.6) is 0 Å². The lowest BCUT2D eigenvalue weighted by Crippen LogP contribution is -2.60. The van der Waals surface area contributed by atoms with Crippen molar-refractivity contribution in [3.8, 4) is 0 Å². The van der Waals surface area contributed by atoms with Crippen molar-refractivity contribution in [1.29, 1.82) is 0 Å². The van der Waals surface area contributed by atoms with Crippen molar-refractivity contribution in [1.82, 2.24) is 4.90 Å². The predicted octanol–water partition coefficient (Wildman–Crippen LogP) is 1.63. The van der Waals surface area contributed by atoms with E-state index >= 15 is 0 Å². The summed E-state index contributed by atoms with van der Waals surface area (Å²) in [6.45, 7) is 7.76. The summed E-state index contributed by atoms with van der Waals surface area (Å²) in [7, 11) is 3.94. The zero-order valence-corrected chi connectivity index (χ0v) is 12.5. The van der Waals surface area contributed by atoms with Gasteiger partial charge in [-0.2, -0.15) is 0 Å². The van der Waals surface area contributed by atoms with Gasteiger partial charge in [0.1, 0.15) is 0 Å². The molecular formula is C14H30N2O2. The minimum Gasteiger partial charge on any atom is -0.385 e. The van der Waals surface area contributed by atoms with E-state index in [1.165, 1.54) is 0 Å². The van der Waals surface area contributed by atoms with Crippen molar-refractivity contribution in [3.05, 3.63) is 0 Å². The van der Waals surface area contributed by atoms with Crippen LogP contribution in [0.4, 0.5) is 0 Å². The summed E-state index contributed by atoms with van der Waals surface area (Å²) >= 11 is 0. The van der Waals surface area contributed by atoms with Gasteiger partial charge in [0.2, 0.25) is 0 Å². The Hall–Kier alpha value is -0.160. The van der Waals surface area contributed by atoms with Gasteiger partial charge in [-0.05, 0) is 39.7 Å². The first-order chi connectivity index (χ1) is 8.52. The van der Waals surface area contributed by atoms with Gasteiger partial charge in [-0.1, -0.05) is 6.92 Å². The van der Waals surface area contributed by atoms with Crippen LogP contribution in [0.3, 0.4) is 0 Å². The number of hydrogen-bond donors (Lipinski definition) is 1. The Bertz CT molecular complexity index is 250. The lowest BCUT2D eigenvalue weighted by atomic mass is 9.78. The molecule has 0 aromatic heterocycles. The first-order valence-electron chi connectivity index (χ1n) is 7.06. The number of rotatable bonds is 7. The van der Waals surface area contributed by atoms with E-state index in [9.17, 15) is 0 Å². The zero-order valence-electron chi connectivity index (χ0n) is 12.5. The third-order valence-electron chi connectivity index (χ3n) is 4.50. The van der Waals surface area contributed by atoms with Gasteiger partial charge in [-0.25, -0.2) is 0 Å². The Balaban J connectivity index is 2.65. The molecule has 2 N–H and O–H groups in total. The second kappa shape index (κ2) is 6.85. The van der Waals surface area contributed by atoms with Gasteiger partial charge in [0.25, 0.3) is 0 Å². The number of nitrogens with zero attached hydrogens (tertiary/aromatic N) is 1. The molecule has 1 rings (SSSR count). The molecule has 0 amide bonds. The van der Waals surface area contributed by atoms with E-state index in [2.05, 4.69) is 25.8 Å². The summed E-state index contributed by atoms with van der Waals surface area (Å²) in [6.07, 6.45) is 4.15. The van der Waals surface area contributed by atoms with E-state index in [-0.39, 0.29) is 11.1 Å². The largest absolute Gasteiger partial charge is 0.385 e. The standard InChI is InChI=1S/C14H30N2O2/c1-5-13(2)11-14(12-15,7-10-18-13)16(3)8-6-9-17-4/h5-12,15H2,1-4H3. The molecule has 0 bridgehead atoms. The molecule has 0 aromatic rings. The molecule has 18 heavy (non-hydrogen) atoms. The molecule has 2 atom stereocenters. The quantitative estimate of drug-likeness (QED) is 0.705. The summed E-state index contributed by atoms with van der Waals surface area (Å²) in [6, 6.07) is 0. The lowest BCUT2D eigenvalue weighted by Gasteiger charge is -2.50. The number of methoxy groups -OCH3 is 1. The SMILES string of the molecule is CCC1(C)CC(CN)(N(C)CCCOC)CCO1. The van der Waals surface area contributed by atoms with Gasteiger partial charge < -0.3 is 15.2 Å². The van der Waals surface area contributed by atoms with Crippen LogP contribution in [0.2, 0.25) is 0 Å². The molecule has 0 aromatic carbocycles. The second-order valence-corrected chi connectivity index (χ2v) is 5.78. The first kappa shape index (κ1) is 15.9. The van der Waals surface area contributed by atoms with Crippen LogP contribution in [0.25, 0.3) is 0 Å². The van der Waals surface area contributed by atoms with Crippen molar-refractivity contribution in [2.45, 2.75) is 50.7 Å². The fraction of sp³-hybridized carbons (Fsp3) is 1.00. The molecule has 1 aliphatic rings. The molecule has 1 fully saturated rings. The molecule has 0 aliphatic carbocycles. The van der Waals surface area contributed by atoms with E-state index < -0.39 is 0 Å². The van der Waals surface area contributed by atoms with Gasteiger partial charge in [-0.3, -0.25) is 4.90 Å². The van der Waals surface area contributed by atoms with Crippen LogP contribution in [-0.2, 0) is 9.47 Å². The summed E-state index contributed by atoms with van der Waals surface area (Å²) in [5.74, 6) is 0. The van der Waals surface area contributed by atoms with Crippen LogP contribution in [0.15, 0.2) is 0 Å². The van der Waals surface area contributed by atoms with Crippen molar-refractivity contribution >= 4 is 0 Å². The molecule has 0 saturated carbocycles. The Kier molecular flexibility index (Phi) is 6.05. The van der Waals surface area contributed by atoms with Crippen molar-refractivity contribution in [2.75, 3.05) is 40.5 Å². The van der Waals surface area contributed by atoms with Gasteiger partial charge in [0, 0.05) is 39.0 Å². The number of hydrogen-bond acceptors (Lipinski definition) is 4. The molecule has 4 heteroatoms. The second-order valence-electron chi connectivity index (χ2n) is 5.78. The molecule has 2 unspecified atom stereocenters. The van der Waals surface area contributed by atoms with Gasteiger partial charge >= 0.3 is 0 Å². The topological polar surface area (TPSA) is 47.7 Å². The highest BCUT2D eigenvalue weighted by Crippen LogP contribution is 2.37. The summed E-state index contributed by atoms with van der Waals surface area (Å²) in [4.78, 5) is 2.42. The molecule has 1 aliphatic heterocycles. The van der Waals surface area contributed by atoms with Crippen LogP contribution < -0.4 is 5.73 Å². The average Bonchev–Trinajstić information content (AvgIpc) is 2.38. The number of likely N-dealkylation sites (N-methyl/N-ethyl adjacent to an activating group) is 1. The van der Waals surface area contributed by atoms with Crippen molar-refractivity contribution in [2.24, 2.45) is 5.73 Å². The molecule has 0 spiro atoms. The molecule has 108 valence electrons. The molecule has 1 saturated heterocycles. The van der Waals surface area contributed by atoms with E-state index in [1.54, 1.807) is 7.11 Å². The zero-order chi connectivity index (χ0) is 13.6. The fourth-order valence-corrected chi connectivity index (χ4v) is 2.89. The Labute approximate surface area is 112 Å². The van der Waals surface area contributed by atoms with Gasteiger partial charge in [0.15, 0.2) is 0 Å². The van der Waals surface area contributed by atoms with E-state index in [4.69, 9.17) is 15.2 Å². The molecule has 1 heterocycles. The van der Waals surface area contributed by atoms with Gasteiger partial charge in [-0.15, -0.1) is 0 Å². The van der Waals surface area contributed by atoms with Crippen molar-refractivity contribution in [3.63, 3.8) is 0 Å². The third kappa shape index (κ3) is 3.67. The maximum Gasteiger partial charge on any atom is 0.0670 e. The summed E-state index contributed by atoms with van der Waals surface area (Å²) in [5, 5.41) is 0. The Morgan fingerprint density at radius 1 is 1.44 bits per heavy atom. The van der Waals surface area contributed by atoms with Crippen LogP contribution in [0, 0.1) is 0 Å². The molecular weight excluding hydrogens is 228 g/mol.